The van der Waals surface area contributed by atoms with Crippen molar-refractivity contribution in [3.8, 4) is 0 Å². The minimum atomic E-state index is -0.444. The summed E-state index contributed by atoms with van der Waals surface area (Å²) in [5.41, 5.74) is 0.609. The average molecular weight is 274 g/mol. The van der Waals surface area contributed by atoms with Crippen molar-refractivity contribution < 1.29 is 9.59 Å². The quantitative estimate of drug-likeness (QED) is 0.852. The van der Waals surface area contributed by atoms with Gasteiger partial charge in [0.15, 0.2) is 5.16 Å². The van der Waals surface area contributed by atoms with Crippen molar-refractivity contribution in [2.75, 3.05) is 4.90 Å². The van der Waals surface area contributed by atoms with E-state index in [0.717, 1.165) is 0 Å². The number of rotatable bonds is 3. The Balaban J connectivity index is 1.82. The number of amides is 2. The molecule has 1 aliphatic heterocycles. The second kappa shape index (κ2) is 4.85. The molecule has 1 N–H and O–H groups in total. The van der Waals surface area contributed by atoms with Gasteiger partial charge in [0.1, 0.15) is 11.6 Å². The molecule has 7 heteroatoms. The minimum Gasteiger partial charge on any atom is -0.274 e. The molecule has 0 unspecified atom stereocenters. The van der Waals surface area contributed by atoms with Crippen LogP contribution in [-0.4, -0.2) is 32.2 Å². The summed E-state index contributed by atoms with van der Waals surface area (Å²) in [6.45, 7) is 0. The number of carbonyl (C=O) groups excluding carboxylic acids is 2. The third kappa shape index (κ3) is 2.24. The number of hydrogen-bond acceptors (Lipinski definition) is 5. The molecule has 2 aromatic rings. The highest BCUT2D eigenvalue weighted by molar-refractivity contribution is 8.00. The lowest BCUT2D eigenvalue weighted by molar-refractivity contribution is -0.121. The van der Waals surface area contributed by atoms with Crippen LogP contribution in [0.4, 0.5) is 5.69 Å². The van der Waals surface area contributed by atoms with E-state index in [-0.39, 0.29) is 18.2 Å². The molecule has 19 heavy (non-hydrogen) atoms. The molecule has 6 nitrogen and oxygen atoms in total. The summed E-state index contributed by atoms with van der Waals surface area (Å²) in [6.07, 6.45) is 1.55. The van der Waals surface area contributed by atoms with Crippen LogP contribution in [0.25, 0.3) is 0 Å². The number of anilines is 1. The molecule has 2 amide bonds. The van der Waals surface area contributed by atoms with Crippen molar-refractivity contribution in [2.24, 2.45) is 0 Å². The third-order valence-electron chi connectivity index (χ3n) is 2.77. The number of carbonyl (C=O) groups is 2. The van der Waals surface area contributed by atoms with Crippen molar-refractivity contribution in [3.05, 3.63) is 36.7 Å². The van der Waals surface area contributed by atoms with E-state index < -0.39 is 5.25 Å². The van der Waals surface area contributed by atoms with Gasteiger partial charge in [-0.15, -0.1) is 0 Å². The Bertz CT molecular complexity index is 599. The molecule has 1 fully saturated rings. The first-order chi connectivity index (χ1) is 9.25. The second-order valence-corrected chi connectivity index (χ2v) is 5.20. The Morgan fingerprint density at radius 3 is 2.74 bits per heavy atom. The molecule has 2 heterocycles. The number of hydrogen-bond donors (Lipinski definition) is 1. The number of nitrogens with zero attached hydrogens (tertiary/aromatic N) is 3. The lowest BCUT2D eigenvalue weighted by Gasteiger charge is -2.14. The minimum absolute atomic E-state index is 0.180. The van der Waals surface area contributed by atoms with Gasteiger partial charge in [-0.1, -0.05) is 30.0 Å². The fraction of sp³-hybridized carbons (Fsp3) is 0.167. The second-order valence-electron chi connectivity index (χ2n) is 4.00. The molecule has 96 valence electrons. The summed E-state index contributed by atoms with van der Waals surface area (Å²) in [5, 5.41) is 6.49. The highest BCUT2D eigenvalue weighted by atomic mass is 32.2. The molecule has 1 aliphatic rings. The van der Waals surface area contributed by atoms with Gasteiger partial charge < -0.3 is 0 Å². The van der Waals surface area contributed by atoms with E-state index in [1.807, 2.05) is 6.07 Å². The predicted molar refractivity (Wildman–Crippen MR) is 69.6 cm³/mol. The summed E-state index contributed by atoms with van der Waals surface area (Å²) in [4.78, 5) is 29.4. The van der Waals surface area contributed by atoms with Crippen molar-refractivity contribution in [1.29, 1.82) is 0 Å². The van der Waals surface area contributed by atoms with Gasteiger partial charge in [-0.05, 0) is 12.1 Å². The molecule has 1 saturated heterocycles. The molecule has 0 spiro atoms. The summed E-state index contributed by atoms with van der Waals surface area (Å²) in [7, 11) is 0. The molecule has 1 aromatic carbocycles. The number of imide groups is 1. The maximum Gasteiger partial charge on any atom is 0.247 e. The highest BCUT2D eigenvalue weighted by Gasteiger charge is 2.40. The smallest absolute Gasteiger partial charge is 0.247 e. The zero-order valence-corrected chi connectivity index (χ0v) is 10.6. The Morgan fingerprint density at radius 2 is 2.05 bits per heavy atom. The largest absolute Gasteiger partial charge is 0.274 e. The van der Waals surface area contributed by atoms with Gasteiger partial charge in [0.2, 0.25) is 11.8 Å². The summed E-state index contributed by atoms with van der Waals surface area (Å²) >= 11 is 1.23. The van der Waals surface area contributed by atoms with Crippen LogP contribution in [0.2, 0.25) is 0 Å². The van der Waals surface area contributed by atoms with Crippen LogP contribution < -0.4 is 4.90 Å². The van der Waals surface area contributed by atoms with E-state index >= 15 is 0 Å². The number of aromatic amines is 1. The Kier molecular flexibility index (Phi) is 3.04. The Labute approximate surface area is 113 Å². The van der Waals surface area contributed by atoms with Crippen molar-refractivity contribution >= 4 is 29.3 Å². The van der Waals surface area contributed by atoms with Crippen LogP contribution in [0.3, 0.4) is 0 Å². The zero-order valence-electron chi connectivity index (χ0n) is 9.81. The number of aromatic nitrogens is 3. The third-order valence-corrected chi connectivity index (χ3v) is 3.84. The highest BCUT2D eigenvalue weighted by Crippen LogP contribution is 2.31. The number of H-pyrrole nitrogens is 1. The van der Waals surface area contributed by atoms with E-state index in [4.69, 9.17) is 0 Å². The molecule has 1 atom stereocenters. The normalized spacial score (nSPS) is 19.2. The van der Waals surface area contributed by atoms with Crippen LogP contribution >= 0.6 is 11.8 Å². The number of thioether (sulfide) groups is 1. The van der Waals surface area contributed by atoms with Crippen molar-refractivity contribution in [1.82, 2.24) is 15.2 Å². The van der Waals surface area contributed by atoms with Gasteiger partial charge in [-0.25, -0.2) is 9.88 Å². The van der Waals surface area contributed by atoms with E-state index in [1.54, 1.807) is 24.3 Å². The fourth-order valence-electron chi connectivity index (χ4n) is 1.93. The molecule has 3 rings (SSSR count). The first kappa shape index (κ1) is 11.9. The van der Waals surface area contributed by atoms with Crippen LogP contribution in [0.15, 0.2) is 41.8 Å². The zero-order chi connectivity index (χ0) is 13.2. The van der Waals surface area contributed by atoms with Crippen LogP contribution in [0.5, 0.6) is 0 Å². The monoisotopic (exact) mass is 274 g/mol. The molecular formula is C12H10N4O2S. The van der Waals surface area contributed by atoms with Crippen LogP contribution in [-0.2, 0) is 9.59 Å². The summed E-state index contributed by atoms with van der Waals surface area (Å²) in [5.74, 6) is -0.397. The van der Waals surface area contributed by atoms with Gasteiger partial charge >= 0.3 is 0 Å². The van der Waals surface area contributed by atoms with Gasteiger partial charge in [-0.2, -0.15) is 5.10 Å². The Morgan fingerprint density at radius 1 is 1.26 bits per heavy atom. The number of para-hydroxylation sites is 1. The van der Waals surface area contributed by atoms with Crippen LogP contribution in [0, 0.1) is 0 Å². The van der Waals surface area contributed by atoms with Gasteiger partial charge in [0.05, 0.1) is 5.69 Å². The molecule has 0 radical (unpaired) electrons. The SMILES string of the molecule is O=C1C[C@H](Sc2ncn[nH]2)C(=O)N1c1ccccc1. The lowest BCUT2D eigenvalue weighted by atomic mass is 10.3. The van der Waals surface area contributed by atoms with Gasteiger partial charge in [0, 0.05) is 6.42 Å². The molecule has 0 aliphatic carbocycles. The summed E-state index contributed by atoms with van der Waals surface area (Å²) in [6, 6.07) is 8.93. The number of benzene rings is 1. The summed E-state index contributed by atoms with van der Waals surface area (Å²) < 4.78 is 0. The molecule has 0 saturated carbocycles. The van der Waals surface area contributed by atoms with E-state index in [9.17, 15) is 9.59 Å². The topological polar surface area (TPSA) is 79.0 Å². The average Bonchev–Trinajstić information content (AvgIpc) is 3.01. The van der Waals surface area contributed by atoms with E-state index in [2.05, 4.69) is 15.2 Å². The molecule has 1 aromatic heterocycles. The standard InChI is InChI=1S/C12H10N4O2S/c17-10-6-9(19-12-13-7-14-15-12)11(18)16(10)8-4-2-1-3-5-8/h1-5,7,9H,6H2,(H,13,14,15)/t9-/m0/s1. The number of nitrogens with one attached hydrogen (secondary N) is 1. The van der Waals surface area contributed by atoms with Gasteiger partial charge in [-0.3, -0.25) is 14.7 Å². The van der Waals surface area contributed by atoms with Crippen LogP contribution in [0.1, 0.15) is 6.42 Å². The first-order valence-electron chi connectivity index (χ1n) is 5.69. The lowest BCUT2D eigenvalue weighted by Crippen LogP contribution is -2.31. The van der Waals surface area contributed by atoms with E-state index in [1.165, 1.54) is 23.0 Å². The maximum atomic E-state index is 12.3. The fourth-order valence-corrected chi connectivity index (χ4v) is 2.85. The van der Waals surface area contributed by atoms with Crippen molar-refractivity contribution in [3.63, 3.8) is 0 Å². The predicted octanol–water partition coefficient (Wildman–Crippen LogP) is 1.23. The Hall–Kier alpha value is -2.15. The first-order valence-corrected chi connectivity index (χ1v) is 6.57. The van der Waals surface area contributed by atoms with Crippen molar-refractivity contribution in [2.45, 2.75) is 16.8 Å². The maximum absolute atomic E-state index is 12.3. The molecule has 0 bridgehead atoms. The van der Waals surface area contributed by atoms with Gasteiger partial charge in [0.25, 0.3) is 0 Å². The molecular weight excluding hydrogens is 264 g/mol. The van der Waals surface area contributed by atoms with E-state index in [0.29, 0.717) is 10.8 Å².